The van der Waals surface area contributed by atoms with Crippen LogP contribution in [0, 0.1) is 0 Å². The topological polar surface area (TPSA) is 44.7 Å². The summed E-state index contributed by atoms with van der Waals surface area (Å²) in [6.45, 7) is 2.93. The van der Waals surface area contributed by atoms with Crippen LogP contribution in [0.15, 0.2) is 40.9 Å². The van der Waals surface area contributed by atoms with Crippen molar-refractivity contribution < 1.29 is 23.0 Å². The first-order valence-corrected chi connectivity index (χ1v) is 9.40. The summed E-state index contributed by atoms with van der Waals surface area (Å²) in [7, 11) is 0. The Kier molecular flexibility index (Phi) is 6.20. The van der Waals surface area contributed by atoms with Crippen molar-refractivity contribution in [1.82, 2.24) is 10.2 Å². The first-order chi connectivity index (χ1) is 12.8. The molecule has 0 spiro atoms. The molecule has 2 N–H and O–H groups in total. The third kappa shape index (κ3) is 4.87. The number of hydrogen-bond donors (Lipinski definition) is 2. The Labute approximate surface area is 168 Å². The van der Waals surface area contributed by atoms with Gasteiger partial charge in [0.1, 0.15) is 11.5 Å². The highest BCUT2D eigenvalue weighted by atomic mass is 79.9. The number of phenolic OH excluding ortho intramolecular Hbond substituents is 1. The predicted octanol–water partition coefficient (Wildman–Crippen LogP) is 4.70. The highest BCUT2D eigenvalue weighted by Crippen LogP contribution is 2.43. The van der Waals surface area contributed by atoms with Gasteiger partial charge in [0, 0.05) is 36.8 Å². The van der Waals surface area contributed by atoms with Crippen LogP contribution in [0.2, 0.25) is 5.02 Å². The Morgan fingerprint density at radius 3 is 2.33 bits per heavy atom. The molecule has 146 valence electrons. The predicted molar refractivity (Wildman–Crippen MR) is 100 cm³/mol. The maximum Gasteiger partial charge on any atom is 0.573 e. The van der Waals surface area contributed by atoms with Gasteiger partial charge < -0.3 is 15.2 Å². The molecule has 2 aromatic carbocycles. The van der Waals surface area contributed by atoms with Crippen molar-refractivity contribution in [3.05, 3.63) is 57.0 Å². The van der Waals surface area contributed by atoms with E-state index in [0.717, 1.165) is 13.1 Å². The summed E-state index contributed by atoms with van der Waals surface area (Å²) in [5.41, 5.74) is 1.22. The lowest BCUT2D eigenvalue weighted by Crippen LogP contribution is -2.45. The summed E-state index contributed by atoms with van der Waals surface area (Å²) in [6.07, 6.45) is -4.74. The summed E-state index contributed by atoms with van der Waals surface area (Å²) >= 11 is 9.69. The lowest BCUT2D eigenvalue weighted by molar-refractivity contribution is -0.274. The number of alkyl halides is 3. The van der Waals surface area contributed by atoms with Crippen molar-refractivity contribution in [3.63, 3.8) is 0 Å². The number of hydrogen-bond acceptors (Lipinski definition) is 4. The maximum atomic E-state index is 12.4. The van der Waals surface area contributed by atoms with Crippen LogP contribution in [-0.4, -0.2) is 42.5 Å². The minimum Gasteiger partial charge on any atom is -0.506 e. The van der Waals surface area contributed by atoms with Crippen LogP contribution in [0.4, 0.5) is 13.2 Å². The Morgan fingerprint density at radius 2 is 1.74 bits per heavy atom. The third-order valence-electron chi connectivity index (χ3n) is 4.33. The van der Waals surface area contributed by atoms with Gasteiger partial charge in [-0.1, -0.05) is 23.7 Å². The van der Waals surface area contributed by atoms with E-state index in [-0.39, 0.29) is 11.5 Å². The minimum atomic E-state index is -4.74. The highest BCUT2D eigenvalue weighted by Gasteiger charge is 2.32. The fourth-order valence-electron chi connectivity index (χ4n) is 3.17. The van der Waals surface area contributed by atoms with E-state index in [4.69, 9.17) is 11.6 Å². The Hall–Kier alpha value is -1.48. The molecule has 2 aromatic rings. The number of ether oxygens (including phenoxy) is 1. The van der Waals surface area contributed by atoms with Crippen LogP contribution in [-0.2, 0) is 0 Å². The Balaban J connectivity index is 2.02. The summed E-state index contributed by atoms with van der Waals surface area (Å²) in [5.74, 6) is -0.281. The van der Waals surface area contributed by atoms with Crippen molar-refractivity contribution in [2.45, 2.75) is 12.4 Å². The van der Waals surface area contributed by atoms with E-state index < -0.39 is 12.4 Å². The standard InChI is InChI=1S/C18H17BrClF3N2O2/c19-13-5-6-14(20)15(17(13)26)16(25-9-7-24-8-10-25)11-1-3-12(4-2-11)27-18(21,22)23/h1-6,16,24,26H,7-10H2/t16-/m0/s1. The molecular weight excluding hydrogens is 449 g/mol. The molecular formula is C18H17BrClF3N2O2. The first-order valence-electron chi connectivity index (χ1n) is 8.23. The lowest BCUT2D eigenvalue weighted by Gasteiger charge is -2.36. The second kappa shape index (κ2) is 8.26. The van der Waals surface area contributed by atoms with Gasteiger partial charge in [-0.15, -0.1) is 13.2 Å². The largest absolute Gasteiger partial charge is 0.573 e. The van der Waals surface area contributed by atoms with E-state index in [1.165, 1.54) is 12.1 Å². The number of aromatic hydroxyl groups is 1. The fourth-order valence-corrected chi connectivity index (χ4v) is 3.77. The molecule has 0 aromatic heterocycles. The molecule has 1 aliphatic heterocycles. The summed E-state index contributed by atoms with van der Waals surface area (Å²) in [4.78, 5) is 2.13. The second-order valence-corrected chi connectivity index (χ2v) is 7.36. The zero-order valence-corrected chi connectivity index (χ0v) is 16.4. The molecule has 27 heavy (non-hydrogen) atoms. The van der Waals surface area contributed by atoms with Gasteiger partial charge in [0.2, 0.25) is 0 Å². The third-order valence-corrected chi connectivity index (χ3v) is 5.30. The van der Waals surface area contributed by atoms with Crippen molar-refractivity contribution in [3.8, 4) is 11.5 Å². The van der Waals surface area contributed by atoms with Gasteiger partial charge in [0.25, 0.3) is 0 Å². The molecule has 0 saturated carbocycles. The van der Waals surface area contributed by atoms with E-state index in [0.29, 0.717) is 33.7 Å². The molecule has 0 aliphatic carbocycles. The molecule has 1 heterocycles. The first kappa shape index (κ1) is 20.3. The Bertz CT molecular complexity index is 796. The van der Waals surface area contributed by atoms with Crippen LogP contribution in [0.3, 0.4) is 0 Å². The van der Waals surface area contributed by atoms with Crippen LogP contribution in [0.5, 0.6) is 11.5 Å². The number of phenols is 1. The summed E-state index contributed by atoms with van der Waals surface area (Å²) < 4.78 is 41.7. The zero-order valence-electron chi connectivity index (χ0n) is 14.1. The maximum absolute atomic E-state index is 12.4. The lowest BCUT2D eigenvalue weighted by atomic mass is 9.95. The molecule has 4 nitrogen and oxygen atoms in total. The molecule has 1 atom stereocenters. The van der Waals surface area contributed by atoms with Gasteiger partial charge in [0.05, 0.1) is 10.5 Å². The van der Waals surface area contributed by atoms with Crippen LogP contribution < -0.4 is 10.1 Å². The van der Waals surface area contributed by atoms with E-state index in [9.17, 15) is 18.3 Å². The van der Waals surface area contributed by atoms with Crippen molar-refractivity contribution in [1.29, 1.82) is 0 Å². The number of halogens is 5. The number of piperazine rings is 1. The normalized spacial score (nSPS) is 16.9. The fraction of sp³-hybridized carbons (Fsp3) is 0.333. The number of rotatable bonds is 4. The van der Waals surface area contributed by atoms with Gasteiger partial charge >= 0.3 is 6.36 Å². The monoisotopic (exact) mass is 464 g/mol. The van der Waals surface area contributed by atoms with Gasteiger partial charge in [-0.2, -0.15) is 0 Å². The van der Waals surface area contributed by atoms with Gasteiger partial charge in [-0.05, 0) is 45.8 Å². The van der Waals surface area contributed by atoms with E-state index in [2.05, 4.69) is 30.9 Å². The van der Waals surface area contributed by atoms with E-state index >= 15 is 0 Å². The Morgan fingerprint density at radius 1 is 1.11 bits per heavy atom. The molecule has 1 aliphatic rings. The summed E-state index contributed by atoms with van der Waals surface area (Å²) in [5, 5.41) is 14.2. The highest BCUT2D eigenvalue weighted by molar-refractivity contribution is 9.10. The van der Waals surface area contributed by atoms with Crippen molar-refractivity contribution >= 4 is 27.5 Å². The average Bonchev–Trinajstić information content (AvgIpc) is 2.62. The van der Waals surface area contributed by atoms with Gasteiger partial charge in [-0.25, -0.2) is 0 Å². The quantitative estimate of drug-likeness (QED) is 0.687. The van der Waals surface area contributed by atoms with E-state index in [1.54, 1.807) is 24.3 Å². The summed E-state index contributed by atoms with van der Waals surface area (Å²) in [6, 6.07) is 8.57. The molecule has 9 heteroatoms. The van der Waals surface area contributed by atoms with Crippen LogP contribution in [0.1, 0.15) is 17.2 Å². The molecule has 0 amide bonds. The van der Waals surface area contributed by atoms with E-state index in [1.807, 2.05) is 0 Å². The minimum absolute atomic E-state index is 0.0154. The molecule has 0 radical (unpaired) electrons. The molecule has 0 unspecified atom stereocenters. The molecule has 0 bridgehead atoms. The zero-order chi connectivity index (χ0) is 19.6. The number of nitrogens with one attached hydrogen (secondary N) is 1. The molecule has 1 saturated heterocycles. The van der Waals surface area contributed by atoms with Crippen molar-refractivity contribution in [2.75, 3.05) is 26.2 Å². The van der Waals surface area contributed by atoms with Gasteiger partial charge in [-0.3, -0.25) is 4.90 Å². The van der Waals surface area contributed by atoms with Crippen LogP contribution >= 0.6 is 27.5 Å². The number of nitrogens with zero attached hydrogens (tertiary/aromatic N) is 1. The number of benzene rings is 2. The average molecular weight is 466 g/mol. The molecule has 3 rings (SSSR count). The SMILES string of the molecule is Oc1c(Br)ccc(Cl)c1[C@H](c1ccc(OC(F)(F)F)cc1)N1CCNCC1. The van der Waals surface area contributed by atoms with Crippen molar-refractivity contribution in [2.24, 2.45) is 0 Å². The second-order valence-electron chi connectivity index (χ2n) is 6.10. The van der Waals surface area contributed by atoms with Gasteiger partial charge in [0.15, 0.2) is 0 Å². The smallest absolute Gasteiger partial charge is 0.506 e. The van der Waals surface area contributed by atoms with Crippen LogP contribution in [0.25, 0.3) is 0 Å². The molecule has 1 fully saturated rings.